The number of benzene rings is 1. The van der Waals surface area contributed by atoms with Gasteiger partial charge >= 0.3 is 0 Å². The standard InChI is InChI=1S/C24H38N6O2/c1-5-25-24(26-14-10-13-22-28-23(18(2)3)29-32-22)27-17-20(30-15-8-9-16-30)19-11-6-7-12-21(19)31-4/h6-7,11-12,18,20H,5,8-10,13-17H2,1-4H3,(H2,25,26,27). The molecule has 0 radical (unpaired) electrons. The van der Waals surface area contributed by atoms with Crippen molar-refractivity contribution in [1.82, 2.24) is 25.7 Å². The molecule has 8 nitrogen and oxygen atoms in total. The average Bonchev–Trinajstić information content (AvgIpc) is 3.49. The van der Waals surface area contributed by atoms with Crippen LogP contribution in [-0.2, 0) is 6.42 Å². The summed E-state index contributed by atoms with van der Waals surface area (Å²) in [5.74, 6) is 3.51. The van der Waals surface area contributed by atoms with E-state index in [1.54, 1.807) is 7.11 Å². The number of guanidine groups is 1. The van der Waals surface area contributed by atoms with Crippen molar-refractivity contribution in [2.75, 3.05) is 39.8 Å². The molecule has 8 heteroatoms. The molecule has 1 aromatic heterocycles. The Hall–Kier alpha value is -2.61. The molecule has 0 bridgehead atoms. The summed E-state index contributed by atoms with van der Waals surface area (Å²) in [6.07, 6.45) is 4.12. The van der Waals surface area contributed by atoms with Crippen molar-refractivity contribution < 1.29 is 9.26 Å². The number of aromatic nitrogens is 2. The Morgan fingerprint density at radius 3 is 2.69 bits per heavy atom. The molecule has 0 saturated carbocycles. The third kappa shape index (κ3) is 6.69. The summed E-state index contributed by atoms with van der Waals surface area (Å²) in [5, 5.41) is 10.8. The van der Waals surface area contributed by atoms with Gasteiger partial charge in [0.1, 0.15) is 5.75 Å². The fourth-order valence-corrected chi connectivity index (χ4v) is 3.98. The second-order valence-corrected chi connectivity index (χ2v) is 8.45. The maximum Gasteiger partial charge on any atom is 0.226 e. The first-order chi connectivity index (χ1) is 15.6. The number of hydrogen-bond acceptors (Lipinski definition) is 6. The molecular weight excluding hydrogens is 404 g/mol. The van der Waals surface area contributed by atoms with Gasteiger partial charge in [0.2, 0.25) is 5.89 Å². The topological polar surface area (TPSA) is 87.8 Å². The summed E-state index contributed by atoms with van der Waals surface area (Å²) < 4.78 is 11.0. The van der Waals surface area contributed by atoms with E-state index in [1.165, 1.54) is 18.4 Å². The van der Waals surface area contributed by atoms with E-state index in [-0.39, 0.29) is 12.0 Å². The van der Waals surface area contributed by atoms with Gasteiger partial charge in [-0.3, -0.25) is 9.89 Å². The van der Waals surface area contributed by atoms with Crippen LogP contribution >= 0.6 is 0 Å². The maximum absolute atomic E-state index is 5.65. The van der Waals surface area contributed by atoms with Gasteiger partial charge in [0.05, 0.1) is 19.7 Å². The number of likely N-dealkylation sites (tertiary alicyclic amines) is 1. The molecule has 0 amide bonds. The monoisotopic (exact) mass is 442 g/mol. The molecule has 1 atom stereocenters. The van der Waals surface area contributed by atoms with Crippen LogP contribution in [0.25, 0.3) is 0 Å². The fraction of sp³-hybridized carbons (Fsp3) is 0.625. The first-order valence-corrected chi connectivity index (χ1v) is 11.8. The largest absolute Gasteiger partial charge is 0.496 e. The van der Waals surface area contributed by atoms with Crippen molar-refractivity contribution in [2.45, 2.75) is 58.4 Å². The van der Waals surface area contributed by atoms with Gasteiger partial charge in [-0.15, -0.1) is 0 Å². The minimum atomic E-state index is 0.206. The number of rotatable bonds is 11. The lowest BCUT2D eigenvalue weighted by Gasteiger charge is -2.28. The zero-order chi connectivity index (χ0) is 22.8. The minimum absolute atomic E-state index is 0.206. The zero-order valence-electron chi connectivity index (χ0n) is 19.9. The lowest BCUT2D eigenvalue weighted by Crippen LogP contribution is -2.39. The Morgan fingerprint density at radius 1 is 1.22 bits per heavy atom. The van der Waals surface area contributed by atoms with Crippen LogP contribution in [0.5, 0.6) is 5.75 Å². The second-order valence-electron chi connectivity index (χ2n) is 8.45. The van der Waals surface area contributed by atoms with E-state index in [4.69, 9.17) is 14.3 Å². The third-order valence-electron chi connectivity index (χ3n) is 5.71. The van der Waals surface area contributed by atoms with Crippen molar-refractivity contribution >= 4 is 5.96 Å². The lowest BCUT2D eigenvalue weighted by atomic mass is 10.0. The molecule has 1 aliphatic rings. The first-order valence-electron chi connectivity index (χ1n) is 11.8. The summed E-state index contributed by atoms with van der Waals surface area (Å²) >= 11 is 0. The molecule has 2 aromatic rings. The highest BCUT2D eigenvalue weighted by Crippen LogP contribution is 2.31. The summed E-state index contributed by atoms with van der Waals surface area (Å²) in [5.41, 5.74) is 1.20. The molecule has 3 rings (SSSR count). The van der Waals surface area contributed by atoms with E-state index in [9.17, 15) is 0 Å². The SMILES string of the molecule is CCNC(=NCC(c1ccccc1OC)N1CCCC1)NCCCc1nc(C(C)C)no1. The van der Waals surface area contributed by atoms with E-state index in [1.807, 2.05) is 12.1 Å². The molecule has 1 fully saturated rings. The summed E-state index contributed by atoms with van der Waals surface area (Å²) in [6.45, 7) is 10.7. The molecule has 2 N–H and O–H groups in total. The normalized spacial score (nSPS) is 15.8. The van der Waals surface area contributed by atoms with Crippen molar-refractivity contribution in [1.29, 1.82) is 0 Å². The number of para-hydroxylation sites is 1. The zero-order valence-corrected chi connectivity index (χ0v) is 19.9. The highest BCUT2D eigenvalue weighted by Gasteiger charge is 2.25. The van der Waals surface area contributed by atoms with Crippen molar-refractivity contribution in [3.05, 3.63) is 41.5 Å². The quantitative estimate of drug-likeness (QED) is 0.313. The van der Waals surface area contributed by atoms with Crippen LogP contribution in [0.4, 0.5) is 0 Å². The fourth-order valence-electron chi connectivity index (χ4n) is 3.98. The van der Waals surface area contributed by atoms with Gasteiger partial charge in [-0.05, 0) is 45.3 Å². The van der Waals surface area contributed by atoms with Gasteiger partial charge in [0.15, 0.2) is 11.8 Å². The van der Waals surface area contributed by atoms with Crippen LogP contribution in [0.3, 0.4) is 0 Å². The summed E-state index contributed by atoms with van der Waals surface area (Å²) in [7, 11) is 1.74. The van der Waals surface area contributed by atoms with Crippen molar-refractivity contribution in [3.63, 3.8) is 0 Å². The first kappa shape index (κ1) is 24.0. The Balaban J connectivity index is 1.60. The molecule has 0 spiro atoms. The molecule has 32 heavy (non-hydrogen) atoms. The average molecular weight is 443 g/mol. The third-order valence-corrected chi connectivity index (χ3v) is 5.71. The highest BCUT2D eigenvalue weighted by atomic mass is 16.5. The molecule has 0 aliphatic carbocycles. The van der Waals surface area contributed by atoms with Crippen LogP contribution in [0.2, 0.25) is 0 Å². The van der Waals surface area contributed by atoms with Crippen LogP contribution in [0.1, 0.15) is 69.3 Å². The molecule has 1 saturated heterocycles. The Kier molecular flexibility index (Phi) is 9.34. The van der Waals surface area contributed by atoms with Crippen LogP contribution in [-0.4, -0.2) is 60.8 Å². The number of methoxy groups -OCH3 is 1. The van der Waals surface area contributed by atoms with E-state index in [0.717, 1.165) is 56.6 Å². The number of aryl methyl sites for hydroxylation is 1. The van der Waals surface area contributed by atoms with Gasteiger partial charge in [-0.25, -0.2) is 0 Å². The summed E-state index contributed by atoms with van der Waals surface area (Å²) in [4.78, 5) is 11.9. The summed E-state index contributed by atoms with van der Waals surface area (Å²) in [6, 6.07) is 8.50. The smallest absolute Gasteiger partial charge is 0.226 e. The van der Waals surface area contributed by atoms with Gasteiger partial charge in [0.25, 0.3) is 0 Å². The van der Waals surface area contributed by atoms with E-state index in [2.05, 4.69) is 58.6 Å². The number of ether oxygens (including phenoxy) is 1. The molecule has 1 unspecified atom stereocenters. The van der Waals surface area contributed by atoms with Crippen molar-refractivity contribution in [3.8, 4) is 5.75 Å². The number of nitrogens with zero attached hydrogens (tertiary/aromatic N) is 4. The van der Waals surface area contributed by atoms with Gasteiger partial charge in [-0.2, -0.15) is 4.98 Å². The molecule has 176 valence electrons. The lowest BCUT2D eigenvalue weighted by molar-refractivity contribution is 0.245. The minimum Gasteiger partial charge on any atom is -0.496 e. The molecule has 1 aliphatic heterocycles. The Morgan fingerprint density at radius 2 is 2.00 bits per heavy atom. The highest BCUT2D eigenvalue weighted by molar-refractivity contribution is 5.79. The Labute approximate surface area is 191 Å². The number of aliphatic imine (C=N–C) groups is 1. The Bertz CT molecular complexity index is 845. The second kappa shape index (κ2) is 12.4. The van der Waals surface area contributed by atoms with Crippen LogP contribution in [0.15, 0.2) is 33.8 Å². The van der Waals surface area contributed by atoms with Gasteiger partial charge in [0, 0.05) is 31.0 Å². The molecular formula is C24H38N6O2. The van der Waals surface area contributed by atoms with E-state index < -0.39 is 0 Å². The predicted molar refractivity (Wildman–Crippen MR) is 127 cm³/mol. The maximum atomic E-state index is 5.65. The van der Waals surface area contributed by atoms with Crippen molar-refractivity contribution in [2.24, 2.45) is 4.99 Å². The number of nitrogens with one attached hydrogen (secondary N) is 2. The van der Waals surface area contributed by atoms with Gasteiger partial charge in [-0.1, -0.05) is 37.2 Å². The van der Waals surface area contributed by atoms with E-state index >= 15 is 0 Å². The van der Waals surface area contributed by atoms with Crippen LogP contribution < -0.4 is 15.4 Å². The number of hydrogen-bond donors (Lipinski definition) is 2. The predicted octanol–water partition coefficient (Wildman–Crippen LogP) is 3.53. The molecule has 2 heterocycles. The van der Waals surface area contributed by atoms with Crippen LogP contribution in [0, 0.1) is 0 Å². The molecule has 1 aromatic carbocycles. The van der Waals surface area contributed by atoms with Gasteiger partial charge < -0.3 is 19.9 Å². The van der Waals surface area contributed by atoms with E-state index in [0.29, 0.717) is 12.4 Å².